The number of carbonyl (C=O) groups is 1. The van der Waals surface area contributed by atoms with Crippen molar-refractivity contribution in [2.24, 2.45) is 4.99 Å². The van der Waals surface area contributed by atoms with Gasteiger partial charge in [-0.05, 0) is 40.7 Å². The molecule has 0 bridgehead atoms. The second-order valence-corrected chi connectivity index (χ2v) is 10.5. The molecular weight excluding hydrogens is 526 g/mol. The van der Waals surface area contributed by atoms with Gasteiger partial charge in [-0.3, -0.25) is 9.36 Å². The number of anilines is 1. The summed E-state index contributed by atoms with van der Waals surface area (Å²) in [6.45, 7) is 4.07. The highest BCUT2D eigenvalue weighted by atomic mass is 79.9. The maximum absolute atomic E-state index is 13.6. The van der Waals surface area contributed by atoms with Crippen molar-refractivity contribution >= 4 is 56.5 Å². The molecular formula is C23H24BrN3O4S2. The number of hydrogen-bond donors (Lipinski definition) is 0. The molecule has 0 fully saturated rings. The molecule has 10 heteroatoms. The molecule has 1 atom stereocenters. The normalized spacial score (nSPS) is 16.0. The molecule has 4 heterocycles. The van der Waals surface area contributed by atoms with Crippen LogP contribution in [0.3, 0.4) is 0 Å². The Hall–Kier alpha value is -2.43. The van der Waals surface area contributed by atoms with Crippen LogP contribution in [-0.2, 0) is 9.53 Å². The largest absolute Gasteiger partial charge is 0.463 e. The molecule has 0 N–H and O–H groups in total. The minimum absolute atomic E-state index is 0.214. The smallest absolute Gasteiger partial charge is 0.338 e. The second-order valence-electron chi connectivity index (χ2n) is 7.63. The first-order chi connectivity index (χ1) is 15.8. The maximum atomic E-state index is 13.6. The number of carbonyl (C=O) groups excluding carboxylic acids is 1. The lowest BCUT2D eigenvalue weighted by atomic mass is 9.99. The Labute approximate surface area is 207 Å². The van der Waals surface area contributed by atoms with E-state index >= 15 is 0 Å². The van der Waals surface area contributed by atoms with E-state index in [1.54, 1.807) is 17.6 Å². The lowest BCUT2D eigenvalue weighted by molar-refractivity contribution is -0.139. The van der Waals surface area contributed by atoms with Crippen LogP contribution in [0.4, 0.5) is 5.88 Å². The number of fused-ring (bicyclic) bond motifs is 1. The third-order valence-electron chi connectivity index (χ3n) is 5.07. The molecule has 0 aliphatic carbocycles. The molecule has 0 spiro atoms. The molecule has 4 rings (SSSR count). The summed E-state index contributed by atoms with van der Waals surface area (Å²) < 4.78 is 14.2. The summed E-state index contributed by atoms with van der Waals surface area (Å²) in [5.74, 6) is 0.796. The molecule has 33 heavy (non-hydrogen) atoms. The van der Waals surface area contributed by atoms with Crippen LogP contribution < -0.4 is 19.8 Å². The standard InChI is InChI=1S/C23H24BrN3O4S2/c1-5-8-15-18(22(29)30-6-2)19(16-9-7-10-32-16)27-20(28)17(33-23(27)25-15)12-13-11-14(24)21(31-13)26(3)4/h7,9-12,19H,5-6,8H2,1-4H3/b17-12+/t19-/m1/s1. The first-order valence-corrected chi connectivity index (χ1v) is 13.1. The number of furan rings is 1. The monoisotopic (exact) mass is 549 g/mol. The Balaban J connectivity index is 1.94. The predicted molar refractivity (Wildman–Crippen MR) is 135 cm³/mol. The van der Waals surface area contributed by atoms with Crippen LogP contribution in [-0.4, -0.2) is 31.2 Å². The third-order valence-corrected chi connectivity index (χ3v) is 7.55. The molecule has 1 aliphatic rings. The van der Waals surface area contributed by atoms with E-state index in [1.165, 1.54) is 22.7 Å². The Morgan fingerprint density at radius 2 is 2.18 bits per heavy atom. The van der Waals surface area contributed by atoms with Crippen LogP contribution in [0.1, 0.15) is 43.4 Å². The number of rotatable bonds is 7. The highest BCUT2D eigenvalue weighted by Crippen LogP contribution is 2.34. The highest BCUT2D eigenvalue weighted by molar-refractivity contribution is 9.10. The van der Waals surface area contributed by atoms with Crippen LogP contribution in [0, 0.1) is 0 Å². The van der Waals surface area contributed by atoms with Gasteiger partial charge in [0.2, 0.25) is 5.88 Å². The average molecular weight is 551 g/mol. The molecule has 0 radical (unpaired) electrons. The first-order valence-electron chi connectivity index (χ1n) is 10.6. The van der Waals surface area contributed by atoms with Crippen LogP contribution in [0.25, 0.3) is 6.08 Å². The first kappa shape index (κ1) is 23.7. The minimum Gasteiger partial charge on any atom is -0.463 e. The van der Waals surface area contributed by atoms with Gasteiger partial charge in [-0.1, -0.05) is 30.7 Å². The van der Waals surface area contributed by atoms with E-state index in [9.17, 15) is 9.59 Å². The van der Waals surface area contributed by atoms with Crippen LogP contribution in [0.15, 0.2) is 53.5 Å². The number of esters is 1. The number of thiophene rings is 1. The Morgan fingerprint density at radius 1 is 1.39 bits per heavy atom. The number of ether oxygens (including phenoxy) is 1. The molecule has 3 aromatic rings. The van der Waals surface area contributed by atoms with Crippen molar-refractivity contribution in [3.05, 3.63) is 69.6 Å². The Kier molecular flexibility index (Phi) is 7.06. The lowest BCUT2D eigenvalue weighted by Gasteiger charge is -2.24. The van der Waals surface area contributed by atoms with Gasteiger partial charge in [0.15, 0.2) is 4.80 Å². The number of nitrogens with zero attached hydrogens (tertiary/aromatic N) is 3. The van der Waals surface area contributed by atoms with Gasteiger partial charge in [0, 0.05) is 31.1 Å². The van der Waals surface area contributed by atoms with E-state index in [4.69, 9.17) is 14.1 Å². The third kappa shape index (κ3) is 4.51. The van der Waals surface area contributed by atoms with Crippen LogP contribution >= 0.6 is 38.6 Å². The summed E-state index contributed by atoms with van der Waals surface area (Å²) in [5, 5.41) is 1.94. The van der Waals surface area contributed by atoms with Crippen molar-refractivity contribution in [3.8, 4) is 0 Å². The summed E-state index contributed by atoms with van der Waals surface area (Å²) in [6.07, 6.45) is 3.17. The Bertz CT molecular complexity index is 1380. The highest BCUT2D eigenvalue weighted by Gasteiger charge is 2.34. The van der Waals surface area contributed by atoms with E-state index in [2.05, 4.69) is 15.9 Å². The minimum atomic E-state index is -0.565. The van der Waals surface area contributed by atoms with Gasteiger partial charge < -0.3 is 14.1 Å². The molecule has 174 valence electrons. The number of aromatic nitrogens is 1. The van der Waals surface area contributed by atoms with Crippen molar-refractivity contribution in [1.29, 1.82) is 0 Å². The molecule has 0 saturated carbocycles. The quantitative estimate of drug-likeness (QED) is 0.415. The van der Waals surface area contributed by atoms with Crippen molar-refractivity contribution in [3.63, 3.8) is 0 Å². The topological polar surface area (TPSA) is 77.0 Å². The van der Waals surface area contributed by atoms with E-state index in [1.807, 2.05) is 49.5 Å². The zero-order chi connectivity index (χ0) is 23.7. The van der Waals surface area contributed by atoms with Crippen molar-refractivity contribution in [1.82, 2.24) is 4.57 Å². The fraction of sp³-hybridized carbons (Fsp3) is 0.348. The Morgan fingerprint density at radius 3 is 2.79 bits per heavy atom. The van der Waals surface area contributed by atoms with Gasteiger partial charge in [0.05, 0.1) is 26.9 Å². The zero-order valence-corrected chi connectivity index (χ0v) is 22.0. The summed E-state index contributed by atoms with van der Waals surface area (Å²) in [7, 11) is 3.77. The molecule has 0 aromatic carbocycles. The number of hydrogen-bond acceptors (Lipinski definition) is 8. The van der Waals surface area contributed by atoms with Gasteiger partial charge in [0.25, 0.3) is 5.56 Å². The molecule has 7 nitrogen and oxygen atoms in total. The second kappa shape index (κ2) is 9.82. The van der Waals surface area contributed by atoms with Gasteiger partial charge in [0.1, 0.15) is 11.8 Å². The summed E-state index contributed by atoms with van der Waals surface area (Å²) in [6, 6.07) is 5.12. The van der Waals surface area contributed by atoms with Crippen molar-refractivity contribution < 1.29 is 13.9 Å². The molecule has 1 aliphatic heterocycles. The number of halogens is 1. The molecule has 3 aromatic heterocycles. The van der Waals surface area contributed by atoms with E-state index in [0.29, 0.717) is 38.7 Å². The van der Waals surface area contributed by atoms with Gasteiger partial charge in [-0.15, -0.1) is 11.3 Å². The lowest BCUT2D eigenvalue weighted by Crippen LogP contribution is -2.39. The fourth-order valence-corrected chi connectivity index (χ4v) is 6.20. The van der Waals surface area contributed by atoms with E-state index in [0.717, 1.165) is 15.8 Å². The van der Waals surface area contributed by atoms with E-state index < -0.39 is 12.0 Å². The average Bonchev–Trinajstić information content (AvgIpc) is 3.48. The maximum Gasteiger partial charge on any atom is 0.338 e. The number of allylic oxidation sites excluding steroid dienone is 1. The van der Waals surface area contributed by atoms with Crippen LogP contribution in [0.5, 0.6) is 0 Å². The zero-order valence-electron chi connectivity index (χ0n) is 18.8. The SMILES string of the molecule is CCCC1=C(C(=O)OCC)[C@@H](c2cccs2)n2c(s/c(=C/c3cc(Br)c(N(C)C)o3)c2=O)=N1. The van der Waals surface area contributed by atoms with Crippen molar-refractivity contribution in [2.75, 3.05) is 25.6 Å². The van der Waals surface area contributed by atoms with Crippen molar-refractivity contribution in [2.45, 2.75) is 32.7 Å². The molecule has 0 saturated heterocycles. The van der Waals surface area contributed by atoms with E-state index in [-0.39, 0.29) is 12.2 Å². The summed E-state index contributed by atoms with van der Waals surface area (Å²) in [4.78, 5) is 34.7. The van der Waals surface area contributed by atoms with Gasteiger partial charge >= 0.3 is 5.97 Å². The molecule has 0 amide bonds. The number of thiazole rings is 1. The summed E-state index contributed by atoms with van der Waals surface area (Å²) in [5.41, 5.74) is 0.905. The van der Waals surface area contributed by atoms with Gasteiger partial charge in [-0.2, -0.15) is 0 Å². The van der Waals surface area contributed by atoms with Gasteiger partial charge in [-0.25, -0.2) is 9.79 Å². The van der Waals surface area contributed by atoms with Crippen LogP contribution in [0.2, 0.25) is 0 Å². The molecule has 0 unspecified atom stereocenters. The fourth-order valence-electron chi connectivity index (χ4n) is 3.72. The predicted octanol–water partition coefficient (Wildman–Crippen LogP) is 4.06. The summed E-state index contributed by atoms with van der Waals surface area (Å²) >= 11 is 6.29.